The number of esters is 1. The molecule has 3 rings (SSSR count). The number of hydrogen-bond donors (Lipinski definition) is 1. The van der Waals surface area contributed by atoms with E-state index in [9.17, 15) is 14.0 Å². The molecule has 0 aromatic heterocycles. The summed E-state index contributed by atoms with van der Waals surface area (Å²) in [6, 6.07) is 9.55. The molecular formula is C19H18FNO4. The maximum atomic E-state index is 13.8. The van der Waals surface area contributed by atoms with Gasteiger partial charge in [-0.1, -0.05) is 6.07 Å². The van der Waals surface area contributed by atoms with E-state index >= 15 is 0 Å². The van der Waals surface area contributed by atoms with Crippen molar-refractivity contribution in [2.24, 2.45) is 0 Å². The number of rotatable bonds is 5. The number of nitrogens with one attached hydrogen (secondary N) is 1. The number of ether oxygens (including phenoxy) is 2. The summed E-state index contributed by atoms with van der Waals surface area (Å²) in [6.45, 7) is -0.485. The van der Waals surface area contributed by atoms with E-state index in [-0.39, 0.29) is 5.56 Å². The molecule has 0 bridgehead atoms. The number of carbonyl (C=O) groups is 2. The van der Waals surface area contributed by atoms with Crippen molar-refractivity contribution < 1.29 is 23.5 Å². The minimum atomic E-state index is -0.899. The molecule has 130 valence electrons. The first-order valence-electron chi connectivity index (χ1n) is 7.99. The predicted molar refractivity (Wildman–Crippen MR) is 90.3 cm³/mol. The van der Waals surface area contributed by atoms with Crippen LogP contribution in [-0.4, -0.2) is 25.6 Å². The molecule has 0 atom stereocenters. The average molecular weight is 343 g/mol. The van der Waals surface area contributed by atoms with Crippen LogP contribution < -0.4 is 10.1 Å². The second-order valence-electron chi connectivity index (χ2n) is 5.81. The Balaban J connectivity index is 1.56. The van der Waals surface area contributed by atoms with Gasteiger partial charge in [-0.2, -0.15) is 0 Å². The van der Waals surface area contributed by atoms with E-state index < -0.39 is 24.3 Å². The number of amides is 1. The van der Waals surface area contributed by atoms with Crippen molar-refractivity contribution in [2.45, 2.75) is 19.3 Å². The summed E-state index contributed by atoms with van der Waals surface area (Å²) >= 11 is 0. The van der Waals surface area contributed by atoms with Crippen molar-refractivity contribution in [1.82, 2.24) is 0 Å². The summed E-state index contributed by atoms with van der Waals surface area (Å²) in [4.78, 5) is 23.8. The van der Waals surface area contributed by atoms with Crippen LogP contribution in [0.5, 0.6) is 5.75 Å². The fourth-order valence-electron chi connectivity index (χ4n) is 2.84. The highest BCUT2D eigenvalue weighted by atomic mass is 19.1. The van der Waals surface area contributed by atoms with Gasteiger partial charge in [0.2, 0.25) is 0 Å². The quantitative estimate of drug-likeness (QED) is 0.847. The molecule has 0 fully saturated rings. The zero-order chi connectivity index (χ0) is 17.8. The number of carbonyl (C=O) groups excluding carboxylic acids is 2. The summed E-state index contributed by atoms with van der Waals surface area (Å²) in [6.07, 6.45) is 3.19. The van der Waals surface area contributed by atoms with Gasteiger partial charge in [0, 0.05) is 11.8 Å². The topological polar surface area (TPSA) is 64.6 Å². The van der Waals surface area contributed by atoms with Crippen molar-refractivity contribution in [3.63, 3.8) is 0 Å². The molecule has 25 heavy (non-hydrogen) atoms. The van der Waals surface area contributed by atoms with Crippen molar-refractivity contribution in [3.05, 3.63) is 58.9 Å². The third-order valence-corrected chi connectivity index (χ3v) is 4.11. The number of hydrogen-bond acceptors (Lipinski definition) is 4. The van der Waals surface area contributed by atoms with Gasteiger partial charge in [0.05, 0.1) is 12.7 Å². The van der Waals surface area contributed by atoms with Crippen LogP contribution in [0.1, 0.15) is 27.9 Å². The number of anilines is 1. The van der Waals surface area contributed by atoms with E-state index in [1.54, 1.807) is 0 Å². The molecule has 0 heterocycles. The van der Waals surface area contributed by atoms with Crippen molar-refractivity contribution in [2.75, 3.05) is 19.0 Å². The standard InChI is InChI=1S/C19H18FNO4/c1-24-15-7-8-16(17(20)10-15)19(23)25-11-18(22)21-14-6-5-12-3-2-4-13(12)9-14/h5-10H,2-4,11H2,1H3,(H,21,22). The molecule has 1 aliphatic rings. The maximum absolute atomic E-state index is 13.8. The Kier molecular flexibility index (Phi) is 4.97. The Morgan fingerprint density at radius 1 is 1.12 bits per heavy atom. The van der Waals surface area contributed by atoms with Gasteiger partial charge in [-0.25, -0.2) is 9.18 Å². The Hall–Kier alpha value is -2.89. The fraction of sp³-hybridized carbons (Fsp3) is 0.263. The highest BCUT2D eigenvalue weighted by molar-refractivity contribution is 5.95. The second-order valence-corrected chi connectivity index (χ2v) is 5.81. The van der Waals surface area contributed by atoms with Gasteiger partial charge < -0.3 is 14.8 Å². The highest BCUT2D eigenvalue weighted by Crippen LogP contribution is 2.24. The molecule has 2 aromatic carbocycles. The van der Waals surface area contributed by atoms with Crippen molar-refractivity contribution in [3.8, 4) is 5.75 Å². The van der Waals surface area contributed by atoms with E-state index in [0.717, 1.165) is 25.3 Å². The lowest BCUT2D eigenvalue weighted by Gasteiger charge is -2.09. The summed E-state index contributed by atoms with van der Waals surface area (Å²) in [5.74, 6) is -1.84. The van der Waals surface area contributed by atoms with Gasteiger partial charge in [-0.3, -0.25) is 4.79 Å². The van der Waals surface area contributed by atoms with Crippen LogP contribution in [-0.2, 0) is 22.4 Å². The molecule has 0 aliphatic heterocycles. The minimum Gasteiger partial charge on any atom is -0.497 e. The van der Waals surface area contributed by atoms with E-state index in [1.165, 1.54) is 30.4 Å². The lowest BCUT2D eigenvalue weighted by Crippen LogP contribution is -2.21. The summed E-state index contributed by atoms with van der Waals surface area (Å²) in [5.41, 5.74) is 2.96. The van der Waals surface area contributed by atoms with E-state index in [0.29, 0.717) is 11.4 Å². The third-order valence-electron chi connectivity index (χ3n) is 4.11. The van der Waals surface area contributed by atoms with Gasteiger partial charge >= 0.3 is 5.97 Å². The van der Waals surface area contributed by atoms with Gasteiger partial charge in [0.15, 0.2) is 6.61 Å². The van der Waals surface area contributed by atoms with Crippen LogP contribution in [0, 0.1) is 5.82 Å². The molecule has 0 unspecified atom stereocenters. The lowest BCUT2D eigenvalue weighted by molar-refractivity contribution is -0.119. The summed E-state index contributed by atoms with van der Waals surface area (Å²) < 4.78 is 23.6. The molecule has 5 nitrogen and oxygen atoms in total. The van der Waals surface area contributed by atoms with E-state index in [4.69, 9.17) is 9.47 Å². The molecule has 1 N–H and O–H groups in total. The number of methoxy groups -OCH3 is 1. The molecule has 1 aliphatic carbocycles. The number of fused-ring (bicyclic) bond motifs is 1. The summed E-state index contributed by atoms with van der Waals surface area (Å²) in [7, 11) is 1.40. The first-order valence-corrected chi connectivity index (χ1v) is 7.99. The van der Waals surface area contributed by atoms with Crippen LogP contribution in [0.25, 0.3) is 0 Å². The average Bonchev–Trinajstić information content (AvgIpc) is 3.07. The molecule has 2 aromatic rings. The number of halogens is 1. The van der Waals surface area contributed by atoms with Crippen LogP contribution >= 0.6 is 0 Å². The zero-order valence-corrected chi connectivity index (χ0v) is 13.8. The van der Waals surface area contributed by atoms with E-state index in [2.05, 4.69) is 5.32 Å². The fourth-order valence-corrected chi connectivity index (χ4v) is 2.84. The second kappa shape index (κ2) is 7.34. The smallest absolute Gasteiger partial charge is 0.341 e. The first-order chi connectivity index (χ1) is 12.1. The van der Waals surface area contributed by atoms with E-state index in [1.807, 2.05) is 18.2 Å². The predicted octanol–water partition coefficient (Wildman–Crippen LogP) is 3.12. The largest absolute Gasteiger partial charge is 0.497 e. The maximum Gasteiger partial charge on any atom is 0.341 e. The Bertz CT molecular complexity index is 819. The minimum absolute atomic E-state index is 0.244. The Labute approximate surface area is 144 Å². The van der Waals surface area contributed by atoms with Crippen LogP contribution in [0.15, 0.2) is 36.4 Å². The molecule has 1 amide bonds. The van der Waals surface area contributed by atoms with Crippen LogP contribution in [0.4, 0.5) is 10.1 Å². The molecule has 6 heteroatoms. The number of aryl methyl sites for hydroxylation is 2. The number of benzene rings is 2. The van der Waals surface area contributed by atoms with Crippen LogP contribution in [0.3, 0.4) is 0 Å². The zero-order valence-electron chi connectivity index (χ0n) is 13.8. The molecule has 0 saturated carbocycles. The SMILES string of the molecule is COc1ccc(C(=O)OCC(=O)Nc2ccc3c(c2)CCC3)c(F)c1. The normalized spacial score (nSPS) is 12.4. The third kappa shape index (κ3) is 3.96. The molecular weight excluding hydrogens is 325 g/mol. The molecule has 0 saturated heterocycles. The first kappa shape index (κ1) is 17.0. The molecule has 0 radical (unpaired) electrons. The van der Waals surface area contributed by atoms with Crippen LogP contribution in [0.2, 0.25) is 0 Å². The lowest BCUT2D eigenvalue weighted by atomic mass is 10.1. The highest BCUT2D eigenvalue weighted by Gasteiger charge is 2.16. The van der Waals surface area contributed by atoms with Crippen molar-refractivity contribution in [1.29, 1.82) is 0 Å². The van der Waals surface area contributed by atoms with Gasteiger partial charge in [-0.05, 0) is 54.7 Å². The van der Waals surface area contributed by atoms with Gasteiger partial charge in [0.25, 0.3) is 5.91 Å². The monoisotopic (exact) mass is 343 g/mol. The van der Waals surface area contributed by atoms with Crippen molar-refractivity contribution >= 4 is 17.6 Å². The molecule has 0 spiro atoms. The Morgan fingerprint density at radius 2 is 1.92 bits per heavy atom. The summed E-state index contributed by atoms with van der Waals surface area (Å²) in [5, 5.41) is 2.68. The van der Waals surface area contributed by atoms with Gasteiger partial charge in [-0.15, -0.1) is 0 Å². The van der Waals surface area contributed by atoms with Gasteiger partial charge in [0.1, 0.15) is 11.6 Å². The Morgan fingerprint density at radius 3 is 2.68 bits per heavy atom.